The largest absolute Gasteiger partial charge is 0.489 e. The van der Waals surface area contributed by atoms with Gasteiger partial charge >= 0.3 is 5.97 Å². The lowest BCUT2D eigenvalue weighted by molar-refractivity contribution is -0.145. The number of nitrogens with zero attached hydrogens (tertiary/aromatic N) is 2. The van der Waals surface area contributed by atoms with Crippen LogP contribution in [0.15, 0.2) is 103 Å². The molecule has 0 aromatic heterocycles. The molecule has 0 fully saturated rings. The highest BCUT2D eigenvalue weighted by Crippen LogP contribution is 2.41. The number of amides is 2. The lowest BCUT2D eigenvalue weighted by atomic mass is 9.93. The molecule has 2 N–H and O–H groups in total. The van der Waals surface area contributed by atoms with Gasteiger partial charge in [0.1, 0.15) is 24.1 Å². The minimum Gasteiger partial charge on any atom is -0.489 e. The Morgan fingerprint density at radius 2 is 1.61 bits per heavy atom. The second-order valence-electron chi connectivity index (χ2n) is 13.4. The Labute approximate surface area is 340 Å². The quantitative estimate of drug-likeness (QED) is 0.139. The van der Waals surface area contributed by atoms with Gasteiger partial charge in [0.05, 0.1) is 40.5 Å². The Morgan fingerprint density at radius 1 is 0.929 bits per heavy atom. The fourth-order valence-electron chi connectivity index (χ4n) is 6.71. The smallest absolute Gasteiger partial charge is 0.328 e. The van der Waals surface area contributed by atoms with Gasteiger partial charge in [-0.25, -0.2) is 4.79 Å². The van der Waals surface area contributed by atoms with E-state index in [0.29, 0.717) is 57.9 Å². The summed E-state index contributed by atoms with van der Waals surface area (Å²) in [5.74, 6) is 0.0703. The van der Waals surface area contributed by atoms with E-state index < -0.39 is 24.2 Å². The van der Waals surface area contributed by atoms with E-state index in [-0.39, 0.29) is 30.6 Å². The van der Waals surface area contributed by atoms with E-state index in [9.17, 15) is 14.4 Å². The summed E-state index contributed by atoms with van der Waals surface area (Å²) in [4.78, 5) is 41.5. The maximum Gasteiger partial charge on any atom is 0.328 e. The third kappa shape index (κ3) is 8.77. The van der Waals surface area contributed by atoms with Gasteiger partial charge in [-0.05, 0) is 88.3 Å². The number of anilines is 1. The second kappa shape index (κ2) is 17.5. The van der Waals surface area contributed by atoms with Crippen LogP contribution >= 0.6 is 35.6 Å². The van der Waals surface area contributed by atoms with Gasteiger partial charge in [-0.2, -0.15) is 5.26 Å². The average molecular weight is 812 g/mol. The Morgan fingerprint density at radius 3 is 2.27 bits per heavy atom. The molecule has 56 heavy (non-hydrogen) atoms. The summed E-state index contributed by atoms with van der Waals surface area (Å²) >= 11 is 12.1. The Bertz CT molecular complexity index is 2300. The first kappa shape index (κ1) is 40.1. The third-order valence-electron chi connectivity index (χ3n) is 9.84. The lowest BCUT2D eigenvalue weighted by Crippen LogP contribution is -2.53. The van der Waals surface area contributed by atoms with Gasteiger partial charge in [-0.3, -0.25) is 9.59 Å². The maximum absolute atomic E-state index is 13.6. The molecule has 2 aliphatic heterocycles. The van der Waals surface area contributed by atoms with Gasteiger partial charge in [0, 0.05) is 25.6 Å². The number of fused-ring (bicyclic) bond motifs is 2. The van der Waals surface area contributed by atoms with Crippen molar-refractivity contribution in [2.75, 3.05) is 19.1 Å². The number of methoxy groups -OCH3 is 1. The maximum atomic E-state index is 13.6. The predicted molar refractivity (Wildman–Crippen MR) is 216 cm³/mol. The number of ether oxygens (including phenoxy) is 3. The molecule has 3 atom stereocenters. The fourth-order valence-corrected chi connectivity index (χ4v) is 7.03. The molecule has 0 saturated heterocycles. The van der Waals surface area contributed by atoms with Crippen LogP contribution < -0.4 is 25.0 Å². The molecule has 0 saturated carbocycles. The van der Waals surface area contributed by atoms with E-state index in [0.717, 1.165) is 33.4 Å². The first-order valence-electron chi connectivity index (χ1n) is 17.6. The van der Waals surface area contributed by atoms with Crippen LogP contribution in [0.2, 0.25) is 10.0 Å². The molecule has 2 amide bonds. The number of halogens is 3. The normalized spacial score (nSPS) is 16.2. The summed E-state index contributed by atoms with van der Waals surface area (Å²) in [6, 6.07) is 31.9. The third-order valence-corrected chi connectivity index (χ3v) is 10.6. The number of carbonyl (C=O) groups excluding carboxylic acids is 3. The highest BCUT2D eigenvalue weighted by atomic mass is 35.5. The van der Waals surface area contributed by atoms with Gasteiger partial charge in [0.15, 0.2) is 0 Å². The van der Waals surface area contributed by atoms with Gasteiger partial charge in [-0.1, -0.05) is 77.8 Å². The van der Waals surface area contributed by atoms with E-state index in [1.165, 1.54) is 7.11 Å². The number of carbonyl (C=O) groups is 3. The number of hydrogen-bond donors (Lipinski definition) is 2. The fraction of sp³-hybridized carbons (Fsp3) is 0.209. The summed E-state index contributed by atoms with van der Waals surface area (Å²) in [5.41, 5.74) is 7.36. The molecule has 0 radical (unpaired) electrons. The van der Waals surface area contributed by atoms with Gasteiger partial charge < -0.3 is 29.7 Å². The van der Waals surface area contributed by atoms with Crippen LogP contribution in [0, 0.1) is 11.3 Å². The van der Waals surface area contributed by atoms with Crippen molar-refractivity contribution in [3.8, 4) is 28.7 Å². The molecule has 0 aliphatic carbocycles. The van der Waals surface area contributed by atoms with Crippen molar-refractivity contribution in [3.63, 3.8) is 0 Å². The van der Waals surface area contributed by atoms with Crippen LogP contribution in [0.4, 0.5) is 5.69 Å². The van der Waals surface area contributed by atoms with Crippen molar-refractivity contribution in [3.05, 3.63) is 147 Å². The summed E-state index contributed by atoms with van der Waals surface area (Å²) in [5, 5.41) is 16.2. The van der Waals surface area contributed by atoms with Crippen LogP contribution in [0.5, 0.6) is 11.5 Å². The highest BCUT2D eigenvalue weighted by Gasteiger charge is 2.36. The minimum atomic E-state index is -0.901. The zero-order valence-electron chi connectivity index (χ0n) is 30.4. The Kier molecular flexibility index (Phi) is 12.5. The highest BCUT2D eigenvalue weighted by molar-refractivity contribution is 6.42. The number of benzene rings is 5. The second-order valence-corrected chi connectivity index (χ2v) is 14.2. The molecule has 5 aromatic carbocycles. The number of nitrogens with one attached hydrogen (secondary N) is 2. The van der Waals surface area contributed by atoms with Gasteiger partial charge in [-0.15, -0.1) is 12.4 Å². The number of nitriles is 1. The number of hydrogen-bond acceptors (Lipinski definition) is 8. The molecule has 0 spiro atoms. The van der Waals surface area contributed by atoms with Crippen LogP contribution in [0.25, 0.3) is 11.1 Å². The van der Waals surface area contributed by atoms with Crippen molar-refractivity contribution in [2.24, 2.45) is 0 Å². The van der Waals surface area contributed by atoms with E-state index in [4.69, 9.17) is 42.7 Å². The number of likely N-dealkylation sites (N-methyl/N-ethyl adjacent to an activating group) is 1. The molecule has 2 aliphatic rings. The molecular formula is C43H37Cl3N4O6. The summed E-state index contributed by atoms with van der Waals surface area (Å²) in [7, 11) is 3.00. The van der Waals surface area contributed by atoms with Crippen LogP contribution in [-0.4, -0.2) is 44.0 Å². The number of rotatable bonds is 10. The van der Waals surface area contributed by atoms with Crippen molar-refractivity contribution in [1.29, 1.82) is 5.26 Å². The van der Waals surface area contributed by atoms with Crippen molar-refractivity contribution in [1.82, 2.24) is 10.6 Å². The zero-order chi connectivity index (χ0) is 38.6. The predicted octanol–water partition coefficient (Wildman–Crippen LogP) is 7.54. The molecule has 2 heterocycles. The molecule has 0 bridgehead atoms. The number of esters is 1. The average Bonchev–Trinajstić information content (AvgIpc) is 3.21. The van der Waals surface area contributed by atoms with E-state index in [1.54, 1.807) is 48.3 Å². The van der Waals surface area contributed by atoms with E-state index in [1.807, 2.05) is 66.7 Å². The standard InChI is InChI=1S/C43H36Cl2N4O6.ClH/c1-49-38-20-31-19-36(41(50)48-37(43(52)53-2)18-25-3-8-28(9-4-25)29-10-5-26(22-46)6-11-29)47-23-32(31)21-39(38)55-40(42(49)51)30-12-14-33(15-13-30)54-24-27-7-16-34(44)35(45)17-27;/h3-17,20-21,36-37,40,47H,18-19,23-24H2,1-2H3,(H,48,50);1H/t36?,37-,40?;/m0./s1. The summed E-state index contributed by atoms with van der Waals surface area (Å²) in [6.07, 6.45) is -0.267. The lowest BCUT2D eigenvalue weighted by Gasteiger charge is -2.35. The topological polar surface area (TPSA) is 130 Å². The molecule has 7 rings (SSSR count). The van der Waals surface area contributed by atoms with Crippen LogP contribution in [0.1, 0.15) is 39.5 Å². The molecule has 10 nitrogen and oxygen atoms in total. The van der Waals surface area contributed by atoms with Crippen molar-refractivity contribution in [2.45, 2.75) is 44.2 Å². The van der Waals surface area contributed by atoms with Gasteiger partial charge in [0.25, 0.3) is 5.91 Å². The molecule has 286 valence electrons. The zero-order valence-corrected chi connectivity index (χ0v) is 32.7. The molecule has 13 heteroatoms. The van der Waals surface area contributed by atoms with Crippen molar-refractivity contribution < 1.29 is 28.6 Å². The first-order valence-corrected chi connectivity index (χ1v) is 18.3. The molecule has 5 aromatic rings. The molecule has 2 unspecified atom stereocenters. The summed E-state index contributed by atoms with van der Waals surface area (Å²) in [6.45, 7) is 0.687. The van der Waals surface area contributed by atoms with Crippen molar-refractivity contribution >= 4 is 59.1 Å². The van der Waals surface area contributed by atoms with Crippen LogP contribution in [-0.2, 0) is 45.1 Å². The monoisotopic (exact) mass is 810 g/mol. The SMILES string of the molecule is COC(=O)[C@H](Cc1ccc(-c2ccc(C#N)cc2)cc1)NC(=O)C1Cc2cc3c(cc2CN1)OC(c1ccc(OCc2ccc(Cl)c(Cl)c2)cc1)C(=O)N3C.Cl. The van der Waals surface area contributed by atoms with Crippen LogP contribution in [0.3, 0.4) is 0 Å². The van der Waals surface area contributed by atoms with E-state index in [2.05, 4.69) is 16.7 Å². The summed E-state index contributed by atoms with van der Waals surface area (Å²) < 4.78 is 17.2. The first-order chi connectivity index (χ1) is 26.6. The van der Waals surface area contributed by atoms with E-state index >= 15 is 0 Å². The Hall–Kier alpha value is -5.57. The Balaban J connectivity index is 0.00000532. The molecular weight excluding hydrogens is 775 g/mol. The van der Waals surface area contributed by atoms with Gasteiger partial charge in [0.2, 0.25) is 12.0 Å². The minimum absolute atomic E-state index is 0.